The van der Waals surface area contributed by atoms with E-state index in [4.69, 9.17) is 9.26 Å². The molecule has 0 aliphatic carbocycles. The van der Waals surface area contributed by atoms with Crippen LogP contribution in [-0.2, 0) is 6.54 Å². The van der Waals surface area contributed by atoms with Crippen molar-refractivity contribution >= 4 is 16.8 Å². The van der Waals surface area contributed by atoms with Gasteiger partial charge in [-0.3, -0.25) is 9.80 Å². The zero-order chi connectivity index (χ0) is 22.6. The van der Waals surface area contributed by atoms with Crippen LogP contribution >= 0.6 is 0 Å². The lowest BCUT2D eigenvalue weighted by Gasteiger charge is -2.46. The van der Waals surface area contributed by atoms with Crippen molar-refractivity contribution < 1.29 is 9.26 Å². The number of piperidine rings is 1. The highest BCUT2D eigenvalue weighted by molar-refractivity contribution is 5.88. The predicted octanol–water partition coefficient (Wildman–Crippen LogP) is 4.04. The molecule has 176 valence electrons. The van der Waals surface area contributed by atoms with E-state index in [-0.39, 0.29) is 0 Å². The Bertz CT molecular complexity index is 1030. The zero-order valence-corrected chi connectivity index (χ0v) is 19.8. The maximum Gasteiger partial charge on any atom is 0.213 e. The third-order valence-electron chi connectivity index (χ3n) is 7.23. The average Bonchev–Trinajstić information content (AvgIpc) is 3.30. The van der Waals surface area contributed by atoms with Gasteiger partial charge in [0, 0.05) is 56.9 Å². The van der Waals surface area contributed by atoms with E-state index in [0.29, 0.717) is 12.0 Å². The normalized spacial score (nSPS) is 21.5. The summed E-state index contributed by atoms with van der Waals surface area (Å²) < 4.78 is 11.6. The van der Waals surface area contributed by atoms with Crippen molar-refractivity contribution in [2.24, 2.45) is 5.92 Å². The molecule has 0 spiro atoms. The SMILES string of the molecule is CCN(CC)Cc1ccc(OC[C@@H]2CC[C@H]3CN(c4noc5ccccc45)CCN3C2)nc1. The molecule has 0 bridgehead atoms. The molecule has 2 aliphatic heterocycles. The van der Waals surface area contributed by atoms with Crippen LogP contribution in [0.5, 0.6) is 5.88 Å². The lowest BCUT2D eigenvalue weighted by molar-refractivity contribution is 0.0716. The molecular weight excluding hydrogens is 414 g/mol. The molecule has 3 aromatic rings. The summed E-state index contributed by atoms with van der Waals surface area (Å²) in [6.07, 6.45) is 4.34. The van der Waals surface area contributed by atoms with Crippen molar-refractivity contribution in [3.63, 3.8) is 0 Å². The van der Waals surface area contributed by atoms with Gasteiger partial charge in [-0.15, -0.1) is 0 Å². The molecule has 4 heterocycles. The lowest BCUT2D eigenvalue weighted by atomic mass is 9.91. The largest absolute Gasteiger partial charge is 0.477 e. The van der Waals surface area contributed by atoms with Crippen LogP contribution in [0.4, 0.5) is 5.82 Å². The molecule has 2 atom stereocenters. The highest BCUT2D eigenvalue weighted by Crippen LogP contribution is 2.31. The molecular formula is C26H35N5O2. The van der Waals surface area contributed by atoms with Gasteiger partial charge in [0.1, 0.15) is 0 Å². The first-order valence-corrected chi connectivity index (χ1v) is 12.4. The van der Waals surface area contributed by atoms with Crippen molar-refractivity contribution in [3.05, 3.63) is 48.2 Å². The summed E-state index contributed by atoms with van der Waals surface area (Å²) in [5.41, 5.74) is 2.11. The summed E-state index contributed by atoms with van der Waals surface area (Å²) >= 11 is 0. The number of benzene rings is 1. The van der Waals surface area contributed by atoms with Gasteiger partial charge in [-0.1, -0.05) is 37.2 Å². The van der Waals surface area contributed by atoms with E-state index in [1.54, 1.807) is 0 Å². The van der Waals surface area contributed by atoms with Crippen LogP contribution < -0.4 is 9.64 Å². The number of ether oxygens (including phenoxy) is 1. The number of piperazine rings is 1. The first-order valence-electron chi connectivity index (χ1n) is 12.4. The van der Waals surface area contributed by atoms with E-state index in [0.717, 1.165) is 75.1 Å². The number of rotatable bonds is 8. The molecule has 2 fully saturated rings. The van der Waals surface area contributed by atoms with Crippen LogP contribution in [0.15, 0.2) is 47.1 Å². The molecule has 2 aromatic heterocycles. The minimum absolute atomic E-state index is 0.554. The number of pyridine rings is 1. The van der Waals surface area contributed by atoms with Crippen LogP contribution in [0.25, 0.3) is 11.0 Å². The Morgan fingerprint density at radius 3 is 2.76 bits per heavy atom. The molecule has 2 saturated heterocycles. The Kier molecular flexibility index (Phi) is 6.78. The van der Waals surface area contributed by atoms with Gasteiger partial charge in [0.25, 0.3) is 0 Å². The average molecular weight is 450 g/mol. The number of hydrogen-bond donors (Lipinski definition) is 0. The summed E-state index contributed by atoms with van der Waals surface area (Å²) in [5, 5.41) is 5.48. The van der Waals surface area contributed by atoms with Gasteiger partial charge in [-0.2, -0.15) is 0 Å². The molecule has 0 radical (unpaired) electrons. The Balaban J connectivity index is 1.11. The molecule has 33 heavy (non-hydrogen) atoms. The summed E-state index contributed by atoms with van der Waals surface area (Å²) in [6.45, 7) is 12.3. The second-order valence-electron chi connectivity index (χ2n) is 9.32. The smallest absolute Gasteiger partial charge is 0.213 e. The van der Waals surface area contributed by atoms with Gasteiger partial charge in [0.2, 0.25) is 5.88 Å². The van der Waals surface area contributed by atoms with Gasteiger partial charge >= 0.3 is 0 Å². The summed E-state index contributed by atoms with van der Waals surface area (Å²) in [5.74, 6) is 2.28. The second-order valence-corrected chi connectivity index (χ2v) is 9.32. The number of para-hydroxylation sites is 1. The Labute approximate surface area is 196 Å². The van der Waals surface area contributed by atoms with Crippen molar-refractivity contribution in [2.45, 2.75) is 39.3 Å². The second kappa shape index (κ2) is 10.1. The minimum atomic E-state index is 0.554. The Hall–Kier alpha value is -2.64. The fourth-order valence-electron chi connectivity index (χ4n) is 5.19. The fraction of sp³-hybridized carbons (Fsp3) is 0.538. The Morgan fingerprint density at radius 1 is 1.06 bits per heavy atom. The highest BCUT2D eigenvalue weighted by atomic mass is 16.5. The quantitative estimate of drug-likeness (QED) is 0.514. The number of aromatic nitrogens is 2. The highest BCUT2D eigenvalue weighted by Gasteiger charge is 2.34. The number of anilines is 1. The van der Waals surface area contributed by atoms with Crippen LogP contribution in [0.2, 0.25) is 0 Å². The van der Waals surface area contributed by atoms with Gasteiger partial charge in [-0.25, -0.2) is 4.98 Å². The molecule has 7 heteroatoms. The van der Waals surface area contributed by atoms with Crippen molar-refractivity contribution in [3.8, 4) is 5.88 Å². The fourth-order valence-corrected chi connectivity index (χ4v) is 5.19. The van der Waals surface area contributed by atoms with Gasteiger partial charge in [-0.05, 0) is 43.6 Å². The maximum absolute atomic E-state index is 6.08. The zero-order valence-electron chi connectivity index (χ0n) is 19.8. The van der Waals surface area contributed by atoms with E-state index in [1.807, 2.05) is 24.4 Å². The first kappa shape index (κ1) is 22.2. The molecule has 7 nitrogen and oxygen atoms in total. The summed E-state index contributed by atoms with van der Waals surface area (Å²) in [4.78, 5) is 12.0. The lowest BCUT2D eigenvalue weighted by Crippen LogP contribution is -2.57. The van der Waals surface area contributed by atoms with Crippen LogP contribution in [0.1, 0.15) is 32.3 Å². The van der Waals surface area contributed by atoms with Crippen molar-refractivity contribution in [1.82, 2.24) is 19.9 Å². The van der Waals surface area contributed by atoms with Crippen LogP contribution in [0, 0.1) is 5.92 Å². The van der Waals surface area contributed by atoms with E-state index < -0.39 is 0 Å². The molecule has 0 unspecified atom stereocenters. The molecule has 1 aromatic carbocycles. The van der Waals surface area contributed by atoms with Gasteiger partial charge in [0.15, 0.2) is 11.4 Å². The topological polar surface area (TPSA) is 57.9 Å². The van der Waals surface area contributed by atoms with E-state index >= 15 is 0 Å². The number of hydrogen-bond acceptors (Lipinski definition) is 7. The standard InChI is InChI=1S/C26H35N5O2/c1-3-29(4-2)16-20-10-12-25(27-15-20)32-19-21-9-11-22-18-31(14-13-30(22)17-21)26-23-7-5-6-8-24(23)33-28-26/h5-8,10,12,15,21-22H,3-4,9,11,13-14,16-19H2,1-2H3/t21-,22+/m1/s1. The van der Waals surface area contributed by atoms with E-state index in [9.17, 15) is 0 Å². The molecule has 2 aliphatic rings. The monoisotopic (exact) mass is 449 g/mol. The number of nitrogens with zero attached hydrogens (tertiary/aromatic N) is 5. The van der Waals surface area contributed by atoms with Crippen LogP contribution in [-0.4, -0.2) is 71.9 Å². The van der Waals surface area contributed by atoms with Gasteiger partial charge in [0.05, 0.1) is 12.0 Å². The molecule has 0 N–H and O–H groups in total. The molecule has 0 amide bonds. The third kappa shape index (κ3) is 4.99. The van der Waals surface area contributed by atoms with Crippen molar-refractivity contribution in [1.29, 1.82) is 0 Å². The summed E-state index contributed by atoms with van der Waals surface area (Å²) in [7, 11) is 0. The molecule has 0 saturated carbocycles. The van der Waals surface area contributed by atoms with E-state index in [2.05, 4.69) is 56.9 Å². The summed E-state index contributed by atoms with van der Waals surface area (Å²) in [6, 6.07) is 12.9. The van der Waals surface area contributed by atoms with Crippen LogP contribution in [0.3, 0.4) is 0 Å². The van der Waals surface area contributed by atoms with Crippen molar-refractivity contribution in [2.75, 3.05) is 50.8 Å². The Morgan fingerprint density at radius 2 is 1.94 bits per heavy atom. The maximum atomic E-state index is 6.08. The predicted molar refractivity (Wildman–Crippen MR) is 131 cm³/mol. The third-order valence-corrected chi connectivity index (χ3v) is 7.23. The number of fused-ring (bicyclic) bond motifs is 2. The first-order chi connectivity index (χ1) is 16.2. The van der Waals surface area contributed by atoms with Gasteiger partial charge < -0.3 is 14.2 Å². The molecule has 5 rings (SSSR count). The minimum Gasteiger partial charge on any atom is -0.477 e. The van der Waals surface area contributed by atoms with E-state index in [1.165, 1.54) is 18.4 Å².